The van der Waals surface area contributed by atoms with E-state index in [0.717, 1.165) is 11.1 Å². The van der Waals surface area contributed by atoms with Crippen molar-refractivity contribution >= 4 is 28.7 Å². The fourth-order valence-electron chi connectivity index (χ4n) is 4.68. The van der Waals surface area contributed by atoms with E-state index < -0.39 is 44.5 Å². The van der Waals surface area contributed by atoms with Crippen molar-refractivity contribution in [3.8, 4) is 0 Å². The lowest BCUT2D eigenvalue weighted by Gasteiger charge is -2.27. The second kappa shape index (κ2) is 13.8. The number of alkyl halides is 3. The van der Waals surface area contributed by atoms with Gasteiger partial charge in [-0.05, 0) is 12.8 Å². The first-order valence-corrected chi connectivity index (χ1v) is 13.2. The Morgan fingerprint density at radius 3 is 1.70 bits per heavy atom. The van der Waals surface area contributed by atoms with Gasteiger partial charge in [0.15, 0.2) is 17.0 Å². The molecule has 0 fully saturated rings. The first-order chi connectivity index (χ1) is 20.4. The van der Waals surface area contributed by atoms with Crippen LogP contribution in [0, 0.1) is 20.2 Å². The highest BCUT2D eigenvalue weighted by atomic mass is 19.4. The Morgan fingerprint density at radius 1 is 0.930 bits per heavy atom. The molecule has 0 spiro atoms. The molecule has 0 unspecified atom stereocenters. The number of carbonyl (C=O) groups is 1. The number of rotatable bonds is 10. The van der Waals surface area contributed by atoms with E-state index in [2.05, 4.69) is 5.16 Å². The van der Waals surface area contributed by atoms with Crippen LogP contribution in [-0.4, -0.2) is 39.7 Å². The minimum absolute atomic E-state index is 0.0395. The molecule has 0 bridgehead atoms. The normalized spacial score (nSPS) is 13.7. The van der Waals surface area contributed by atoms with Crippen LogP contribution in [0.15, 0.2) is 78.0 Å². The van der Waals surface area contributed by atoms with Gasteiger partial charge in [0, 0.05) is 36.3 Å². The Kier molecular flexibility index (Phi) is 10.4. The van der Waals surface area contributed by atoms with Crippen LogP contribution < -0.4 is 4.90 Å². The molecule has 1 heterocycles. The quantitative estimate of drug-likeness (QED) is 0.194. The molecule has 0 aliphatic carbocycles. The first kappa shape index (κ1) is 32.5. The molecule has 0 atom stereocenters. The highest BCUT2D eigenvalue weighted by Crippen LogP contribution is 2.43. The topological polar surface area (TPSA) is 148 Å². The number of nitro groups is 2. The number of oxime groups is 1. The van der Waals surface area contributed by atoms with E-state index in [1.54, 1.807) is 13.8 Å². The lowest BCUT2D eigenvalue weighted by molar-refractivity contribution is -0.393. The van der Waals surface area contributed by atoms with Crippen LogP contribution in [0.3, 0.4) is 0 Å². The van der Waals surface area contributed by atoms with Crippen molar-refractivity contribution in [2.24, 2.45) is 5.16 Å². The standard InChI is InChI=1S/C16H13NO3.C13H16F3N3O4/c18-15(19)14-11-16(20-17-14,12-7-3-1-4-8-12)13-9-5-2-6-10-13;1-3-5-17(6-4-2)12-10(18(20)21)7-9(13(14,15)16)8-11(12)19(22)23/h1-10H,11H2,(H,18,19);7-8H,3-6H2,1-2H3. The van der Waals surface area contributed by atoms with Crippen LogP contribution >= 0.6 is 0 Å². The average molecular weight is 603 g/mol. The SMILES string of the molecule is CCCN(CCC)c1c([N+](=O)[O-])cc(C(F)(F)F)cc1[N+](=O)[O-].O=C(O)C1=NOC(c2ccccc2)(c2ccccc2)C1. The predicted molar refractivity (Wildman–Crippen MR) is 152 cm³/mol. The summed E-state index contributed by atoms with van der Waals surface area (Å²) in [6.45, 7) is 4.07. The number of benzene rings is 3. The summed E-state index contributed by atoms with van der Waals surface area (Å²) in [6, 6.07) is 19.8. The van der Waals surface area contributed by atoms with Gasteiger partial charge in [0.05, 0.1) is 21.8 Å². The fourth-order valence-corrected chi connectivity index (χ4v) is 4.68. The van der Waals surface area contributed by atoms with E-state index in [4.69, 9.17) is 9.94 Å². The molecule has 0 radical (unpaired) electrons. The van der Waals surface area contributed by atoms with Gasteiger partial charge >= 0.3 is 12.1 Å². The zero-order valence-electron chi connectivity index (χ0n) is 23.3. The second-order valence-corrected chi connectivity index (χ2v) is 9.53. The van der Waals surface area contributed by atoms with Gasteiger partial charge in [0.2, 0.25) is 0 Å². The summed E-state index contributed by atoms with van der Waals surface area (Å²) in [5.74, 6) is -1.04. The van der Waals surface area contributed by atoms with Crippen LogP contribution in [0.25, 0.3) is 0 Å². The van der Waals surface area contributed by atoms with Crippen molar-refractivity contribution in [2.45, 2.75) is 44.9 Å². The summed E-state index contributed by atoms with van der Waals surface area (Å²) in [4.78, 5) is 38.4. The molecule has 0 amide bonds. The van der Waals surface area contributed by atoms with Gasteiger partial charge in [0.25, 0.3) is 11.4 Å². The zero-order chi connectivity index (χ0) is 31.8. The van der Waals surface area contributed by atoms with E-state index >= 15 is 0 Å². The summed E-state index contributed by atoms with van der Waals surface area (Å²) >= 11 is 0. The lowest BCUT2D eigenvalue weighted by atomic mass is 9.82. The number of hydrogen-bond acceptors (Lipinski definition) is 8. The highest BCUT2D eigenvalue weighted by molar-refractivity contribution is 6.36. The molecule has 0 saturated carbocycles. The summed E-state index contributed by atoms with van der Waals surface area (Å²) in [6.07, 6.45) is -3.62. The molecular formula is C29H29F3N4O7. The Labute approximate surface area is 244 Å². The van der Waals surface area contributed by atoms with Crippen molar-refractivity contribution < 1.29 is 37.8 Å². The van der Waals surface area contributed by atoms with E-state index in [1.807, 2.05) is 60.7 Å². The van der Waals surface area contributed by atoms with Crippen molar-refractivity contribution in [2.75, 3.05) is 18.0 Å². The molecule has 1 aliphatic heterocycles. The fraction of sp³-hybridized carbons (Fsp3) is 0.310. The van der Waals surface area contributed by atoms with E-state index in [9.17, 15) is 38.2 Å². The molecule has 1 aliphatic rings. The van der Waals surface area contributed by atoms with Crippen LogP contribution in [0.5, 0.6) is 0 Å². The summed E-state index contributed by atoms with van der Waals surface area (Å²) in [5, 5.41) is 35.2. The number of hydrogen-bond donors (Lipinski definition) is 1. The van der Waals surface area contributed by atoms with Gasteiger partial charge in [-0.2, -0.15) is 13.2 Å². The van der Waals surface area contributed by atoms with Crippen LogP contribution in [0.4, 0.5) is 30.2 Å². The number of halogens is 3. The van der Waals surface area contributed by atoms with Crippen LogP contribution in [0.1, 0.15) is 49.8 Å². The summed E-state index contributed by atoms with van der Waals surface area (Å²) in [7, 11) is 0. The third-order valence-corrected chi connectivity index (χ3v) is 6.55. The Bertz CT molecular complexity index is 1400. The van der Waals surface area contributed by atoms with Gasteiger partial charge < -0.3 is 14.8 Å². The van der Waals surface area contributed by atoms with Crippen molar-refractivity contribution in [3.05, 3.63) is 110 Å². The van der Waals surface area contributed by atoms with Crippen molar-refractivity contribution in [1.82, 2.24) is 0 Å². The van der Waals surface area contributed by atoms with E-state index in [1.165, 1.54) is 4.90 Å². The molecule has 14 heteroatoms. The molecule has 228 valence electrons. The zero-order valence-corrected chi connectivity index (χ0v) is 23.3. The maximum absolute atomic E-state index is 12.8. The molecule has 0 aromatic heterocycles. The summed E-state index contributed by atoms with van der Waals surface area (Å²) < 4.78 is 38.5. The maximum Gasteiger partial charge on any atom is 0.416 e. The van der Waals surface area contributed by atoms with Gasteiger partial charge in [-0.25, -0.2) is 4.79 Å². The molecule has 0 saturated heterocycles. The minimum atomic E-state index is -4.91. The smallest absolute Gasteiger partial charge is 0.416 e. The Hall–Kier alpha value is -5.01. The number of anilines is 1. The average Bonchev–Trinajstić information content (AvgIpc) is 3.44. The van der Waals surface area contributed by atoms with Gasteiger partial charge in [-0.1, -0.05) is 79.7 Å². The number of nitrogens with zero attached hydrogens (tertiary/aromatic N) is 4. The van der Waals surface area contributed by atoms with E-state index in [0.29, 0.717) is 25.0 Å². The Balaban J connectivity index is 0.000000237. The molecular weight excluding hydrogens is 573 g/mol. The number of nitro benzene ring substituents is 2. The Morgan fingerprint density at radius 2 is 1.37 bits per heavy atom. The lowest BCUT2D eigenvalue weighted by Crippen LogP contribution is -2.29. The molecule has 11 nitrogen and oxygen atoms in total. The molecule has 1 N–H and O–H groups in total. The van der Waals surface area contributed by atoms with Crippen LogP contribution in [0.2, 0.25) is 0 Å². The summed E-state index contributed by atoms with van der Waals surface area (Å²) in [5.41, 5.74) is -2.63. The first-order valence-electron chi connectivity index (χ1n) is 13.2. The van der Waals surface area contributed by atoms with Crippen molar-refractivity contribution in [3.63, 3.8) is 0 Å². The molecule has 43 heavy (non-hydrogen) atoms. The van der Waals surface area contributed by atoms with Gasteiger partial charge in [-0.15, -0.1) is 0 Å². The third-order valence-electron chi connectivity index (χ3n) is 6.55. The number of carboxylic acids is 1. The van der Waals surface area contributed by atoms with Gasteiger partial charge in [0.1, 0.15) is 0 Å². The van der Waals surface area contributed by atoms with Crippen molar-refractivity contribution in [1.29, 1.82) is 0 Å². The highest BCUT2D eigenvalue weighted by Gasteiger charge is 2.44. The number of aliphatic carboxylic acids is 1. The maximum atomic E-state index is 12.8. The number of carboxylic acid groups (broad SMARTS) is 1. The molecule has 4 rings (SSSR count). The minimum Gasteiger partial charge on any atom is -0.477 e. The molecule has 3 aromatic carbocycles. The van der Waals surface area contributed by atoms with E-state index in [-0.39, 0.29) is 30.9 Å². The predicted octanol–water partition coefficient (Wildman–Crippen LogP) is 6.94. The third kappa shape index (κ3) is 7.45. The second-order valence-electron chi connectivity index (χ2n) is 9.53. The monoisotopic (exact) mass is 602 g/mol. The largest absolute Gasteiger partial charge is 0.477 e. The molecule has 3 aromatic rings. The van der Waals surface area contributed by atoms with Gasteiger partial charge in [-0.3, -0.25) is 20.2 Å². The van der Waals surface area contributed by atoms with Crippen LogP contribution in [-0.2, 0) is 21.4 Å².